The number of hydrogen-bond donors (Lipinski definition) is 2. The lowest BCUT2D eigenvalue weighted by atomic mass is 9.75. The predicted octanol–water partition coefficient (Wildman–Crippen LogP) is 4.47. The molecule has 176 valence electrons. The first-order chi connectivity index (χ1) is 16.2. The Morgan fingerprint density at radius 3 is 2.33 bits per heavy atom. The number of nitrogens with zero attached hydrogens (tertiary/aromatic N) is 2. The van der Waals surface area contributed by atoms with Gasteiger partial charge in [-0.05, 0) is 87.2 Å². The van der Waals surface area contributed by atoms with Crippen molar-refractivity contribution in [1.82, 2.24) is 15.1 Å². The number of rotatable bonds is 7. The Morgan fingerprint density at radius 2 is 1.64 bits per heavy atom. The number of carbonyl (C=O) groups excluding carboxylic acids is 1. The molecule has 5 heteroatoms. The maximum Gasteiger partial charge on any atom is 0.319 e. The zero-order valence-electron chi connectivity index (χ0n) is 19.7. The molecule has 2 aromatic rings. The molecule has 4 fully saturated rings. The standard InChI is InChI=1S/C28H38N4O/c33-28(30-26-9-5-2-6-10-26)29-19-27-18-24-13-16-32(27)21-25(24)20-31-14-11-23(12-15-31)17-22-7-3-1-4-8-22/h1-10,23-25,27H,11-21H2,(H2,29,30,33)/t24-,25+,27+/m0/s1. The van der Waals surface area contributed by atoms with Crippen LogP contribution in [0.4, 0.5) is 10.5 Å². The molecule has 2 N–H and O–H groups in total. The van der Waals surface area contributed by atoms with Crippen LogP contribution in [0.25, 0.3) is 0 Å². The van der Waals surface area contributed by atoms with Gasteiger partial charge in [-0.25, -0.2) is 4.79 Å². The molecule has 2 amide bonds. The fourth-order valence-electron chi connectivity index (χ4n) is 6.23. The number of nitrogens with one attached hydrogen (secondary N) is 2. The molecule has 1 unspecified atom stereocenters. The van der Waals surface area contributed by atoms with E-state index in [4.69, 9.17) is 0 Å². The van der Waals surface area contributed by atoms with Gasteiger partial charge in [0.2, 0.25) is 0 Å². The van der Waals surface area contributed by atoms with Crippen LogP contribution in [0.3, 0.4) is 0 Å². The summed E-state index contributed by atoms with van der Waals surface area (Å²) < 4.78 is 0. The second kappa shape index (κ2) is 10.7. The van der Waals surface area contributed by atoms with Gasteiger partial charge in [0, 0.05) is 31.4 Å². The first kappa shape index (κ1) is 22.4. The van der Waals surface area contributed by atoms with Crippen LogP contribution in [0.15, 0.2) is 60.7 Å². The lowest BCUT2D eigenvalue weighted by molar-refractivity contribution is -0.0145. The third-order valence-electron chi connectivity index (χ3n) is 8.11. The van der Waals surface area contributed by atoms with Crippen molar-refractivity contribution >= 4 is 11.7 Å². The molecule has 5 nitrogen and oxygen atoms in total. The van der Waals surface area contributed by atoms with Crippen molar-refractivity contribution < 1.29 is 4.79 Å². The van der Waals surface area contributed by atoms with Crippen LogP contribution < -0.4 is 10.6 Å². The summed E-state index contributed by atoms with van der Waals surface area (Å²) in [5.41, 5.74) is 2.33. The fourth-order valence-corrected chi connectivity index (χ4v) is 6.23. The maximum atomic E-state index is 12.3. The van der Waals surface area contributed by atoms with Crippen LogP contribution in [0, 0.1) is 17.8 Å². The highest BCUT2D eigenvalue weighted by atomic mass is 16.2. The van der Waals surface area contributed by atoms with Crippen LogP contribution in [-0.2, 0) is 6.42 Å². The monoisotopic (exact) mass is 446 g/mol. The molecule has 2 bridgehead atoms. The molecule has 0 saturated carbocycles. The second-order valence-electron chi connectivity index (χ2n) is 10.3. The van der Waals surface area contributed by atoms with E-state index in [1.165, 1.54) is 70.4 Å². The number of hydrogen-bond acceptors (Lipinski definition) is 3. The van der Waals surface area contributed by atoms with E-state index in [9.17, 15) is 4.79 Å². The lowest BCUT2D eigenvalue weighted by Gasteiger charge is -2.51. The maximum absolute atomic E-state index is 12.3. The van der Waals surface area contributed by atoms with Gasteiger partial charge in [0.05, 0.1) is 0 Å². The van der Waals surface area contributed by atoms with Gasteiger partial charge in [-0.15, -0.1) is 0 Å². The molecular formula is C28H38N4O. The minimum absolute atomic E-state index is 0.0984. The zero-order valence-corrected chi connectivity index (χ0v) is 19.7. The number of likely N-dealkylation sites (tertiary alicyclic amines) is 1. The first-order valence-electron chi connectivity index (χ1n) is 12.8. The summed E-state index contributed by atoms with van der Waals surface area (Å²) in [6, 6.07) is 21.0. The summed E-state index contributed by atoms with van der Waals surface area (Å²) in [4.78, 5) is 17.6. The minimum Gasteiger partial charge on any atom is -0.336 e. The summed E-state index contributed by atoms with van der Waals surface area (Å²) in [5, 5.41) is 6.04. The molecule has 6 rings (SSSR count). The topological polar surface area (TPSA) is 47.6 Å². The summed E-state index contributed by atoms with van der Waals surface area (Å²) in [7, 11) is 0. The largest absolute Gasteiger partial charge is 0.336 e. The number of carbonyl (C=O) groups is 1. The molecule has 4 saturated heterocycles. The van der Waals surface area contributed by atoms with E-state index >= 15 is 0 Å². The number of amides is 2. The number of anilines is 1. The van der Waals surface area contributed by atoms with Crippen molar-refractivity contribution in [2.24, 2.45) is 17.8 Å². The van der Waals surface area contributed by atoms with Crippen molar-refractivity contribution in [2.45, 2.75) is 38.1 Å². The van der Waals surface area contributed by atoms with E-state index in [1.54, 1.807) is 0 Å². The minimum atomic E-state index is -0.0984. The van der Waals surface area contributed by atoms with Gasteiger partial charge in [-0.2, -0.15) is 0 Å². The Labute approximate surface area is 198 Å². The number of benzene rings is 2. The molecule has 33 heavy (non-hydrogen) atoms. The van der Waals surface area contributed by atoms with Crippen molar-refractivity contribution in [3.63, 3.8) is 0 Å². The molecule has 4 atom stereocenters. The van der Waals surface area contributed by atoms with E-state index in [0.29, 0.717) is 6.04 Å². The second-order valence-corrected chi connectivity index (χ2v) is 10.3. The number of para-hydroxylation sites is 1. The van der Waals surface area contributed by atoms with Crippen LogP contribution >= 0.6 is 0 Å². The molecular weight excluding hydrogens is 408 g/mol. The Kier molecular flexibility index (Phi) is 7.27. The van der Waals surface area contributed by atoms with Crippen LogP contribution in [-0.4, -0.2) is 61.1 Å². The van der Waals surface area contributed by atoms with Gasteiger partial charge >= 0.3 is 6.03 Å². The zero-order chi connectivity index (χ0) is 22.5. The summed E-state index contributed by atoms with van der Waals surface area (Å²) in [5.74, 6) is 2.44. The highest BCUT2D eigenvalue weighted by Gasteiger charge is 2.40. The molecule has 2 aromatic carbocycles. The first-order valence-corrected chi connectivity index (χ1v) is 12.8. The van der Waals surface area contributed by atoms with Gasteiger partial charge in [0.25, 0.3) is 0 Å². The summed E-state index contributed by atoms with van der Waals surface area (Å²) >= 11 is 0. The van der Waals surface area contributed by atoms with E-state index in [0.717, 1.165) is 30.0 Å². The van der Waals surface area contributed by atoms with Gasteiger partial charge in [-0.1, -0.05) is 48.5 Å². The third kappa shape index (κ3) is 5.96. The quantitative estimate of drug-likeness (QED) is 0.660. The average Bonchev–Trinajstić information content (AvgIpc) is 2.86. The van der Waals surface area contributed by atoms with Crippen molar-refractivity contribution in [1.29, 1.82) is 0 Å². The van der Waals surface area contributed by atoms with E-state index in [2.05, 4.69) is 50.8 Å². The summed E-state index contributed by atoms with van der Waals surface area (Å²) in [6.07, 6.45) is 6.45. The van der Waals surface area contributed by atoms with E-state index in [-0.39, 0.29) is 6.03 Å². The Hall–Kier alpha value is -2.37. The lowest BCUT2D eigenvalue weighted by Crippen LogP contribution is -2.59. The highest BCUT2D eigenvalue weighted by Crippen LogP contribution is 2.37. The Morgan fingerprint density at radius 1 is 0.909 bits per heavy atom. The summed E-state index contributed by atoms with van der Waals surface area (Å²) in [6.45, 7) is 6.89. The van der Waals surface area contributed by atoms with E-state index in [1.807, 2.05) is 30.3 Å². The third-order valence-corrected chi connectivity index (χ3v) is 8.11. The molecule has 0 radical (unpaired) electrons. The highest BCUT2D eigenvalue weighted by molar-refractivity contribution is 5.89. The molecule has 0 aromatic heterocycles. The number of urea groups is 1. The van der Waals surface area contributed by atoms with Gasteiger partial charge in [0.15, 0.2) is 0 Å². The van der Waals surface area contributed by atoms with Gasteiger partial charge in [-0.3, -0.25) is 4.90 Å². The molecule has 0 spiro atoms. The van der Waals surface area contributed by atoms with Crippen LogP contribution in [0.2, 0.25) is 0 Å². The van der Waals surface area contributed by atoms with E-state index < -0.39 is 0 Å². The smallest absolute Gasteiger partial charge is 0.319 e. The van der Waals surface area contributed by atoms with Crippen molar-refractivity contribution in [3.05, 3.63) is 66.2 Å². The SMILES string of the molecule is O=C(NC[C@H]1C[C@@H]2CCN1C[C@H]2CN1CCC(Cc2ccccc2)CC1)Nc1ccccc1. The fraction of sp³-hybridized carbons (Fsp3) is 0.536. The predicted molar refractivity (Wildman–Crippen MR) is 134 cm³/mol. The molecule has 0 aliphatic carbocycles. The molecule has 4 aliphatic heterocycles. The average molecular weight is 447 g/mol. The number of piperidine rings is 4. The molecule has 4 aliphatic rings. The Balaban J connectivity index is 1.04. The molecule has 4 heterocycles. The Bertz CT molecular complexity index is 881. The van der Waals surface area contributed by atoms with Crippen LogP contribution in [0.1, 0.15) is 31.2 Å². The van der Waals surface area contributed by atoms with Crippen molar-refractivity contribution in [3.8, 4) is 0 Å². The van der Waals surface area contributed by atoms with Gasteiger partial charge in [0.1, 0.15) is 0 Å². The van der Waals surface area contributed by atoms with Gasteiger partial charge < -0.3 is 15.5 Å². The van der Waals surface area contributed by atoms with Crippen LogP contribution in [0.5, 0.6) is 0 Å². The normalized spacial score (nSPS) is 27.9. The van der Waals surface area contributed by atoms with Crippen molar-refractivity contribution in [2.75, 3.05) is 44.6 Å². The number of fused-ring (bicyclic) bond motifs is 3.